The molecule has 39 heavy (non-hydrogen) atoms. The molecule has 1 spiro atoms. The van der Waals surface area contributed by atoms with Crippen molar-refractivity contribution in [1.82, 2.24) is 15.1 Å². The van der Waals surface area contributed by atoms with Gasteiger partial charge in [-0.3, -0.25) is 14.4 Å². The van der Waals surface area contributed by atoms with Crippen LogP contribution >= 0.6 is 0 Å². The lowest BCUT2D eigenvalue weighted by Crippen LogP contribution is -2.58. The molecule has 2 aliphatic rings. The van der Waals surface area contributed by atoms with E-state index in [9.17, 15) is 14.4 Å². The molecule has 0 saturated carbocycles. The molecule has 3 aromatic carbocycles. The fraction of sp³-hybridized carbons (Fsp3) is 0.344. The van der Waals surface area contributed by atoms with Crippen molar-refractivity contribution >= 4 is 23.4 Å². The van der Waals surface area contributed by atoms with E-state index in [2.05, 4.69) is 10.2 Å². The molecule has 1 atom stereocenters. The van der Waals surface area contributed by atoms with E-state index in [-0.39, 0.29) is 30.2 Å². The Bertz CT molecular complexity index is 1270. The van der Waals surface area contributed by atoms with Crippen LogP contribution in [0.1, 0.15) is 43.2 Å². The largest absolute Gasteiger partial charge is 0.350 e. The maximum atomic E-state index is 14.0. The monoisotopic (exact) mass is 524 g/mol. The second kappa shape index (κ2) is 11.7. The zero-order chi connectivity index (χ0) is 27.2. The highest BCUT2D eigenvalue weighted by atomic mass is 16.2. The van der Waals surface area contributed by atoms with Gasteiger partial charge >= 0.3 is 0 Å². The number of carbonyl (C=O) groups excluding carboxylic acids is 3. The van der Waals surface area contributed by atoms with Crippen molar-refractivity contribution in [3.63, 3.8) is 0 Å². The summed E-state index contributed by atoms with van der Waals surface area (Å²) < 4.78 is 0. The number of hydrogen-bond donors (Lipinski definition) is 1. The fourth-order valence-electron chi connectivity index (χ4n) is 5.90. The highest BCUT2D eigenvalue weighted by molar-refractivity contribution is 5.96. The molecule has 1 N–H and O–H groups in total. The van der Waals surface area contributed by atoms with E-state index >= 15 is 0 Å². The van der Waals surface area contributed by atoms with Crippen molar-refractivity contribution in [3.05, 3.63) is 102 Å². The number of benzene rings is 3. The Morgan fingerprint density at radius 2 is 1.46 bits per heavy atom. The van der Waals surface area contributed by atoms with Gasteiger partial charge < -0.3 is 20.0 Å². The van der Waals surface area contributed by atoms with E-state index in [0.717, 1.165) is 23.2 Å². The number of nitrogens with one attached hydrogen (secondary N) is 1. The lowest BCUT2D eigenvalue weighted by Gasteiger charge is -2.44. The topological polar surface area (TPSA) is 73.0 Å². The molecule has 0 unspecified atom stereocenters. The van der Waals surface area contributed by atoms with Crippen molar-refractivity contribution < 1.29 is 14.4 Å². The molecule has 3 aromatic rings. The SMILES string of the molecule is CC[C@@H](C(=O)N1CCC2(CC1)C(=O)N(CC(=O)NCc1ccccc1)CN2c1ccccc1)c1ccccc1. The van der Waals surface area contributed by atoms with Crippen molar-refractivity contribution in [2.75, 3.05) is 31.2 Å². The van der Waals surface area contributed by atoms with Gasteiger partial charge in [0.25, 0.3) is 5.91 Å². The van der Waals surface area contributed by atoms with Gasteiger partial charge in [-0.05, 0) is 42.5 Å². The van der Waals surface area contributed by atoms with Gasteiger partial charge in [0, 0.05) is 25.3 Å². The first-order chi connectivity index (χ1) is 19.0. The standard InChI is InChI=1S/C32H36N4O3/c1-2-28(26-14-8-4-9-15-26)30(38)34-20-18-32(19-21-34)31(39)35(24-36(32)27-16-10-5-11-17-27)23-29(37)33-22-25-12-6-3-7-13-25/h3-17,28H,2,18-24H2,1H3,(H,33,37)/t28-/m1/s1. The highest BCUT2D eigenvalue weighted by Gasteiger charge is 2.54. The predicted octanol–water partition coefficient (Wildman–Crippen LogP) is 4.16. The second-order valence-corrected chi connectivity index (χ2v) is 10.4. The van der Waals surface area contributed by atoms with Crippen molar-refractivity contribution in [2.24, 2.45) is 0 Å². The molecule has 0 aliphatic carbocycles. The Morgan fingerprint density at radius 1 is 0.872 bits per heavy atom. The van der Waals surface area contributed by atoms with Crippen LogP contribution in [-0.4, -0.2) is 59.4 Å². The minimum absolute atomic E-state index is 0.00527. The average molecular weight is 525 g/mol. The smallest absolute Gasteiger partial charge is 0.250 e. The first kappa shape index (κ1) is 26.5. The normalized spacial score (nSPS) is 17.4. The number of anilines is 1. The molecule has 3 amide bonds. The van der Waals surface area contributed by atoms with Gasteiger partial charge in [-0.2, -0.15) is 0 Å². The van der Waals surface area contributed by atoms with Crippen molar-refractivity contribution in [3.8, 4) is 0 Å². The van der Waals surface area contributed by atoms with Crippen LogP contribution in [0.3, 0.4) is 0 Å². The Morgan fingerprint density at radius 3 is 2.08 bits per heavy atom. The summed E-state index contributed by atoms with van der Waals surface area (Å²) in [6, 6.07) is 29.6. The van der Waals surface area contributed by atoms with E-state index in [1.54, 1.807) is 4.90 Å². The summed E-state index contributed by atoms with van der Waals surface area (Å²) in [4.78, 5) is 46.0. The molecule has 5 rings (SSSR count). The van der Waals surface area contributed by atoms with Crippen LogP contribution < -0.4 is 10.2 Å². The van der Waals surface area contributed by atoms with Crippen LogP contribution in [0.25, 0.3) is 0 Å². The number of para-hydroxylation sites is 1. The second-order valence-electron chi connectivity index (χ2n) is 10.4. The summed E-state index contributed by atoms with van der Waals surface area (Å²) in [5.74, 6) is -0.288. The quantitative estimate of drug-likeness (QED) is 0.480. The zero-order valence-corrected chi connectivity index (χ0v) is 22.5. The third-order valence-electron chi connectivity index (χ3n) is 8.06. The number of piperidine rings is 1. The molecule has 2 saturated heterocycles. The zero-order valence-electron chi connectivity index (χ0n) is 22.5. The van der Waals surface area contributed by atoms with Gasteiger partial charge in [-0.15, -0.1) is 0 Å². The maximum absolute atomic E-state index is 14.0. The third kappa shape index (κ3) is 5.53. The molecule has 0 bridgehead atoms. The van der Waals surface area contributed by atoms with Gasteiger partial charge in [-0.25, -0.2) is 0 Å². The lowest BCUT2D eigenvalue weighted by molar-refractivity contribution is -0.140. The van der Waals surface area contributed by atoms with Crippen molar-refractivity contribution in [2.45, 2.75) is 44.2 Å². The maximum Gasteiger partial charge on any atom is 0.250 e. The third-order valence-corrected chi connectivity index (χ3v) is 8.06. The van der Waals surface area contributed by atoms with Crippen LogP contribution in [0, 0.1) is 0 Å². The average Bonchev–Trinajstić information content (AvgIpc) is 3.24. The van der Waals surface area contributed by atoms with Crippen LogP contribution in [0.2, 0.25) is 0 Å². The molecule has 7 nitrogen and oxygen atoms in total. The highest BCUT2D eigenvalue weighted by Crippen LogP contribution is 2.40. The molecule has 0 radical (unpaired) electrons. The summed E-state index contributed by atoms with van der Waals surface area (Å²) in [5, 5.41) is 2.94. The first-order valence-electron chi connectivity index (χ1n) is 13.8. The lowest BCUT2D eigenvalue weighted by atomic mass is 9.84. The van der Waals surface area contributed by atoms with Gasteiger partial charge in [0.1, 0.15) is 12.1 Å². The summed E-state index contributed by atoms with van der Waals surface area (Å²) in [7, 11) is 0. The van der Waals surface area contributed by atoms with E-state index in [4.69, 9.17) is 0 Å². The summed E-state index contributed by atoms with van der Waals surface area (Å²) in [5.41, 5.74) is 2.22. The van der Waals surface area contributed by atoms with Crippen LogP contribution in [0.5, 0.6) is 0 Å². The molecule has 2 aliphatic heterocycles. The summed E-state index contributed by atoms with van der Waals surface area (Å²) in [6.45, 7) is 3.82. The van der Waals surface area contributed by atoms with Crippen LogP contribution in [0.4, 0.5) is 5.69 Å². The van der Waals surface area contributed by atoms with E-state index in [0.29, 0.717) is 39.1 Å². The molecule has 202 valence electrons. The van der Waals surface area contributed by atoms with Crippen molar-refractivity contribution in [1.29, 1.82) is 0 Å². The molecule has 7 heteroatoms. The first-order valence-corrected chi connectivity index (χ1v) is 13.8. The predicted molar refractivity (Wildman–Crippen MR) is 152 cm³/mol. The summed E-state index contributed by atoms with van der Waals surface area (Å²) in [6.07, 6.45) is 1.78. The number of carbonyl (C=O) groups is 3. The van der Waals surface area contributed by atoms with Gasteiger partial charge in [-0.1, -0.05) is 85.8 Å². The molecule has 0 aromatic heterocycles. The van der Waals surface area contributed by atoms with Gasteiger partial charge in [0.2, 0.25) is 11.8 Å². The Hall–Kier alpha value is -4.13. The van der Waals surface area contributed by atoms with E-state index in [1.807, 2.05) is 103 Å². The van der Waals surface area contributed by atoms with E-state index in [1.165, 1.54) is 0 Å². The molecule has 2 fully saturated rings. The Kier molecular flexibility index (Phi) is 7.96. The Balaban J connectivity index is 1.30. The number of amides is 3. The minimum atomic E-state index is -0.772. The molecular formula is C32H36N4O3. The molecule has 2 heterocycles. The minimum Gasteiger partial charge on any atom is -0.350 e. The van der Waals surface area contributed by atoms with Crippen LogP contribution in [-0.2, 0) is 20.9 Å². The number of hydrogen-bond acceptors (Lipinski definition) is 4. The summed E-state index contributed by atoms with van der Waals surface area (Å²) >= 11 is 0. The number of rotatable bonds is 8. The molecular weight excluding hydrogens is 488 g/mol. The van der Waals surface area contributed by atoms with Gasteiger partial charge in [0.05, 0.1) is 12.6 Å². The fourth-order valence-corrected chi connectivity index (χ4v) is 5.90. The number of nitrogens with zero attached hydrogens (tertiary/aromatic N) is 3. The van der Waals surface area contributed by atoms with Crippen LogP contribution in [0.15, 0.2) is 91.0 Å². The van der Waals surface area contributed by atoms with E-state index < -0.39 is 5.54 Å². The van der Waals surface area contributed by atoms with Gasteiger partial charge in [0.15, 0.2) is 0 Å². The number of likely N-dealkylation sites (tertiary alicyclic amines) is 1. The Labute approximate surface area is 230 Å².